The molecule has 8 heteroatoms. The normalized spacial score (nSPS) is 12.1. The molecule has 28 heavy (non-hydrogen) atoms. The smallest absolute Gasteiger partial charge is 0.263 e. The maximum Gasteiger partial charge on any atom is 0.263 e. The lowest BCUT2D eigenvalue weighted by Crippen LogP contribution is -2.21. The van der Waals surface area contributed by atoms with Gasteiger partial charge in [0.1, 0.15) is 11.5 Å². The van der Waals surface area contributed by atoms with Crippen LogP contribution in [0.4, 0.5) is 0 Å². The predicted octanol–water partition coefficient (Wildman–Crippen LogP) is 2.39. The second kappa shape index (κ2) is 8.42. The lowest BCUT2D eigenvalue weighted by Gasteiger charge is -2.03. The molecule has 0 fully saturated rings. The number of carbonyl (C=O) groups excluding carboxylic acids is 1. The Hall–Kier alpha value is -2.89. The van der Waals surface area contributed by atoms with Gasteiger partial charge in [0.05, 0.1) is 29.6 Å². The molecule has 6 nitrogen and oxygen atoms in total. The van der Waals surface area contributed by atoms with Crippen molar-refractivity contribution < 1.29 is 17.9 Å². The summed E-state index contributed by atoms with van der Waals surface area (Å²) in [5.74, 6) is 1.62. The number of hydrogen-bond acceptors (Lipinski definition) is 5. The molecule has 0 spiro atoms. The number of carbonyl (C=O) groups is 1. The number of hydrogen-bond donors (Lipinski definition) is 0. The fraction of sp³-hybridized carbons (Fsp3) is 0.200. The Morgan fingerprint density at radius 3 is 2.68 bits per heavy atom. The van der Waals surface area contributed by atoms with Gasteiger partial charge in [-0.15, -0.1) is 6.42 Å². The number of methoxy groups -OCH3 is 1. The molecule has 0 unspecified atom stereocenters. The van der Waals surface area contributed by atoms with Crippen molar-refractivity contribution in [1.82, 2.24) is 4.57 Å². The summed E-state index contributed by atoms with van der Waals surface area (Å²) in [7, 11) is -2.06. The summed E-state index contributed by atoms with van der Waals surface area (Å²) >= 11 is 1.26. The lowest BCUT2D eigenvalue weighted by atomic mass is 10.2. The van der Waals surface area contributed by atoms with Crippen molar-refractivity contribution >= 4 is 37.3 Å². The predicted molar refractivity (Wildman–Crippen MR) is 110 cm³/mol. The highest BCUT2D eigenvalue weighted by atomic mass is 32.2. The molecule has 0 saturated heterocycles. The van der Waals surface area contributed by atoms with E-state index in [2.05, 4.69) is 10.9 Å². The highest BCUT2D eigenvalue weighted by Crippen LogP contribution is 2.23. The molecule has 0 aliphatic rings. The monoisotopic (exact) mass is 414 g/mol. The summed E-state index contributed by atoms with van der Waals surface area (Å²) in [5, 5.41) is 0. The Bertz CT molecular complexity index is 1220. The summed E-state index contributed by atoms with van der Waals surface area (Å²) < 4.78 is 32.4. The molecule has 3 rings (SSSR count). The van der Waals surface area contributed by atoms with E-state index < -0.39 is 21.5 Å². The number of amides is 1. The highest BCUT2D eigenvalue weighted by molar-refractivity contribution is 7.91. The first-order chi connectivity index (χ1) is 13.4. The molecule has 0 radical (unpaired) electrons. The van der Waals surface area contributed by atoms with E-state index in [1.54, 1.807) is 48.1 Å². The first-order valence-electron chi connectivity index (χ1n) is 8.34. The third kappa shape index (κ3) is 4.68. The van der Waals surface area contributed by atoms with E-state index >= 15 is 0 Å². The molecule has 0 atom stereocenters. The maximum atomic E-state index is 12.3. The van der Waals surface area contributed by atoms with Crippen LogP contribution >= 0.6 is 11.3 Å². The van der Waals surface area contributed by atoms with Crippen LogP contribution in [0.25, 0.3) is 10.2 Å². The van der Waals surface area contributed by atoms with Crippen molar-refractivity contribution in [3.63, 3.8) is 0 Å². The fourth-order valence-electron chi connectivity index (χ4n) is 2.72. The van der Waals surface area contributed by atoms with E-state index in [0.29, 0.717) is 16.1 Å². The second-order valence-electron chi connectivity index (χ2n) is 6.03. The van der Waals surface area contributed by atoms with Crippen LogP contribution < -0.4 is 9.54 Å². The number of rotatable bonds is 6. The van der Waals surface area contributed by atoms with E-state index in [1.807, 2.05) is 12.1 Å². The molecular formula is C20H18N2O4S2. The van der Waals surface area contributed by atoms with E-state index in [0.717, 1.165) is 10.2 Å². The van der Waals surface area contributed by atoms with Crippen LogP contribution in [-0.4, -0.2) is 31.8 Å². The van der Waals surface area contributed by atoms with Gasteiger partial charge in [0.2, 0.25) is 0 Å². The number of sulfone groups is 1. The third-order valence-corrected chi connectivity index (χ3v) is 6.43. The largest absolute Gasteiger partial charge is 0.497 e. The number of aromatic nitrogens is 1. The number of nitrogens with zero attached hydrogens (tertiary/aromatic N) is 2. The van der Waals surface area contributed by atoms with Gasteiger partial charge in [-0.25, -0.2) is 8.42 Å². The molecule has 3 aromatic rings. The number of terminal acetylenes is 1. The van der Waals surface area contributed by atoms with Gasteiger partial charge in [-0.3, -0.25) is 4.79 Å². The standard InChI is InChI=1S/C20H18N2O4S2/c1-3-11-22-17-10-9-16(26-2)12-18(17)27-20(22)21-19(23)14-28(24,25)13-15-7-5-4-6-8-15/h1,4-10,12H,11,13-14H2,2H3. The van der Waals surface area contributed by atoms with Gasteiger partial charge >= 0.3 is 0 Å². The van der Waals surface area contributed by atoms with Crippen LogP contribution in [0.5, 0.6) is 5.75 Å². The summed E-state index contributed by atoms with van der Waals surface area (Å²) in [5.41, 5.74) is 1.44. The zero-order chi connectivity index (χ0) is 20.1. The van der Waals surface area contributed by atoms with Gasteiger partial charge in [0, 0.05) is 0 Å². The summed E-state index contributed by atoms with van der Waals surface area (Å²) in [4.78, 5) is 16.7. The van der Waals surface area contributed by atoms with Crippen LogP contribution in [0.3, 0.4) is 0 Å². The SMILES string of the molecule is C#CCn1c(=NC(=O)CS(=O)(=O)Cc2ccccc2)sc2cc(OC)ccc21. The van der Waals surface area contributed by atoms with Crippen LogP contribution in [0.2, 0.25) is 0 Å². The van der Waals surface area contributed by atoms with Crippen molar-refractivity contribution in [1.29, 1.82) is 0 Å². The second-order valence-corrected chi connectivity index (χ2v) is 9.11. The Labute approximate surface area is 167 Å². The van der Waals surface area contributed by atoms with Gasteiger partial charge in [-0.05, 0) is 23.8 Å². The van der Waals surface area contributed by atoms with Gasteiger partial charge in [-0.1, -0.05) is 47.6 Å². The number of fused-ring (bicyclic) bond motifs is 1. The van der Waals surface area contributed by atoms with Gasteiger partial charge in [-0.2, -0.15) is 4.99 Å². The minimum absolute atomic E-state index is 0.205. The van der Waals surface area contributed by atoms with E-state index in [1.165, 1.54) is 11.3 Å². The number of benzene rings is 2. The van der Waals surface area contributed by atoms with Crippen molar-refractivity contribution in [2.45, 2.75) is 12.3 Å². The van der Waals surface area contributed by atoms with E-state index in [9.17, 15) is 13.2 Å². The Kier molecular flexibility index (Phi) is 5.97. The van der Waals surface area contributed by atoms with Crippen LogP contribution in [-0.2, 0) is 26.9 Å². The summed E-state index contributed by atoms with van der Waals surface area (Å²) in [6.07, 6.45) is 5.44. The van der Waals surface area contributed by atoms with Gasteiger partial charge in [0.15, 0.2) is 14.6 Å². The first-order valence-corrected chi connectivity index (χ1v) is 11.0. The highest BCUT2D eigenvalue weighted by Gasteiger charge is 2.18. The quantitative estimate of drug-likeness (QED) is 0.580. The molecule has 1 heterocycles. The summed E-state index contributed by atoms with van der Waals surface area (Å²) in [6.45, 7) is 0.217. The molecule has 1 aromatic heterocycles. The Morgan fingerprint density at radius 2 is 2.00 bits per heavy atom. The van der Waals surface area contributed by atoms with E-state index in [4.69, 9.17) is 11.2 Å². The zero-order valence-electron chi connectivity index (χ0n) is 15.2. The molecular weight excluding hydrogens is 396 g/mol. The van der Waals surface area contributed by atoms with Gasteiger partial charge < -0.3 is 9.30 Å². The minimum atomic E-state index is -3.63. The molecule has 0 saturated carbocycles. The Balaban J connectivity index is 1.91. The third-order valence-electron chi connectivity index (χ3n) is 3.93. The van der Waals surface area contributed by atoms with Gasteiger partial charge in [0.25, 0.3) is 5.91 Å². The zero-order valence-corrected chi connectivity index (χ0v) is 16.8. The van der Waals surface area contributed by atoms with Crippen molar-refractivity contribution in [3.05, 3.63) is 58.9 Å². The fourth-order valence-corrected chi connectivity index (χ4v) is 5.03. The average molecular weight is 415 g/mol. The molecule has 0 N–H and O–H groups in total. The van der Waals surface area contributed by atoms with Crippen molar-refractivity contribution in [2.24, 2.45) is 4.99 Å². The molecule has 2 aromatic carbocycles. The maximum absolute atomic E-state index is 12.3. The number of thiazole rings is 1. The van der Waals surface area contributed by atoms with Crippen molar-refractivity contribution in [2.75, 3.05) is 12.9 Å². The molecule has 0 aliphatic heterocycles. The average Bonchev–Trinajstić information content (AvgIpc) is 2.98. The number of ether oxygens (including phenoxy) is 1. The minimum Gasteiger partial charge on any atom is -0.497 e. The molecule has 1 amide bonds. The topological polar surface area (TPSA) is 77.7 Å². The lowest BCUT2D eigenvalue weighted by molar-refractivity contribution is -0.115. The molecule has 0 aliphatic carbocycles. The van der Waals surface area contributed by atoms with Crippen LogP contribution in [0.1, 0.15) is 5.56 Å². The van der Waals surface area contributed by atoms with Crippen LogP contribution in [0, 0.1) is 12.3 Å². The summed E-state index contributed by atoms with van der Waals surface area (Å²) in [6, 6.07) is 14.2. The molecule has 0 bridgehead atoms. The Morgan fingerprint density at radius 1 is 1.25 bits per heavy atom. The van der Waals surface area contributed by atoms with E-state index in [-0.39, 0.29) is 12.3 Å². The van der Waals surface area contributed by atoms with Crippen molar-refractivity contribution in [3.8, 4) is 18.1 Å². The van der Waals surface area contributed by atoms with Crippen LogP contribution in [0.15, 0.2) is 53.5 Å². The first kappa shape index (κ1) is 19.9. The molecule has 144 valence electrons.